The standard InChI is InChI=1S/C19H19F2NO3/c1-25-11-12-3-2-4-13(7-12)19(24)22-10-15(23)9-18(22)16-8-14(20)5-6-17(16)21/h2-8,15,18,23H,9-11H2,1H3/t15-,18-/m0/s1. The number of halogens is 2. The van der Waals surface area contributed by atoms with Crippen molar-refractivity contribution in [3.8, 4) is 0 Å². The fraction of sp³-hybridized carbons (Fsp3) is 0.316. The van der Waals surface area contributed by atoms with E-state index in [9.17, 15) is 18.7 Å². The first-order valence-corrected chi connectivity index (χ1v) is 8.01. The summed E-state index contributed by atoms with van der Waals surface area (Å²) in [6.07, 6.45) is -0.608. The van der Waals surface area contributed by atoms with Gasteiger partial charge < -0.3 is 14.7 Å². The molecule has 1 amide bonds. The van der Waals surface area contributed by atoms with Gasteiger partial charge in [-0.3, -0.25) is 4.79 Å². The average Bonchev–Trinajstić information content (AvgIpc) is 2.98. The molecule has 1 aliphatic heterocycles. The Balaban J connectivity index is 1.92. The maximum atomic E-state index is 14.1. The third-order valence-electron chi connectivity index (χ3n) is 4.34. The molecule has 4 nitrogen and oxygen atoms in total. The molecule has 0 radical (unpaired) electrons. The van der Waals surface area contributed by atoms with Crippen LogP contribution in [0, 0.1) is 11.6 Å². The number of carbonyl (C=O) groups excluding carboxylic acids is 1. The van der Waals surface area contributed by atoms with Crippen molar-refractivity contribution >= 4 is 5.91 Å². The van der Waals surface area contributed by atoms with Crippen molar-refractivity contribution in [3.63, 3.8) is 0 Å². The van der Waals surface area contributed by atoms with Crippen molar-refractivity contribution < 1.29 is 23.4 Å². The summed E-state index contributed by atoms with van der Waals surface area (Å²) in [5.41, 5.74) is 1.34. The molecule has 3 rings (SSSR count). The normalized spacial score (nSPS) is 20.1. The summed E-state index contributed by atoms with van der Waals surface area (Å²) < 4.78 is 32.8. The van der Waals surface area contributed by atoms with Gasteiger partial charge in [0.25, 0.3) is 5.91 Å². The average molecular weight is 347 g/mol. The van der Waals surface area contributed by atoms with Crippen LogP contribution in [0.25, 0.3) is 0 Å². The third kappa shape index (κ3) is 3.70. The van der Waals surface area contributed by atoms with Gasteiger partial charge in [-0.1, -0.05) is 12.1 Å². The quantitative estimate of drug-likeness (QED) is 0.925. The third-order valence-corrected chi connectivity index (χ3v) is 4.34. The Labute approximate surface area is 144 Å². The lowest BCUT2D eigenvalue weighted by Crippen LogP contribution is -2.32. The molecule has 0 spiro atoms. The Kier molecular flexibility index (Phi) is 5.11. The number of β-amino-alcohol motifs (C(OH)–C–C–N with tert-alkyl or cyclic N) is 1. The lowest BCUT2D eigenvalue weighted by molar-refractivity contribution is 0.0713. The molecule has 1 fully saturated rings. The first kappa shape index (κ1) is 17.5. The lowest BCUT2D eigenvalue weighted by atomic mass is 10.0. The van der Waals surface area contributed by atoms with E-state index in [0.29, 0.717) is 12.2 Å². The first-order valence-electron chi connectivity index (χ1n) is 8.01. The second-order valence-electron chi connectivity index (χ2n) is 6.16. The van der Waals surface area contributed by atoms with Gasteiger partial charge in [-0.05, 0) is 42.3 Å². The minimum atomic E-state index is -0.779. The molecule has 132 valence electrons. The van der Waals surface area contributed by atoms with Crippen LogP contribution in [-0.2, 0) is 11.3 Å². The number of carbonyl (C=O) groups is 1. The van der Waals surface area contributed by atoms with Gasteiger partial charge in [0.1, 0.15) is 11.6 Å². The Morgan fingerprint density at radius 1 is 1.28 bits per heavy atom. The smallest absolute Gasteiger partial charge is 0.254 e. The molecule has 1 aliphatic rings. The van der Waals surface area contributed by atoms with Crippen LogP contribution in [0.5, 0.6) is 0 Å². The molecule has 25 heavy (non-hydrogen) atoms. The molecule has 0 bridgehead atoms. The number of likely N-dealkylation sites (tertiary alicyclic amines) is 1. The second-order valence-corrected chi connectivity index (χ2v) is 6.16. The summed E-state index contributed by atoms with van der Waals surface area (Å²) in [4.78, 5) is 14.3. The van der Waals surface area contributed by atoms with E-state index in [4.69, 9.17) is 4.74 Å². The number of hydrogen-bond donors (Lipinski definition) is 1. The van der Waals surface area contributed by atoms with Crippen molar-refractivity contribution in [2.45, 2.75) is 25.2 Å². The molecule has 6 heteroatoms. The van der Waals surface area contributed by atoms with Gasteiger partial charge in [0.15, 0.2) is 0 Å². The van der Waals surface area contributed by atoms with Gasteiger partial charge in [-0.25, -0.2) is 8.78 Å². The van der Waals surface area contributed by atoms with Gasteiger partial charge in [0, 0.05) is 24.8 Å². The SMILES string of the molecule is COCc1cccc(C(=O)N2C[C@@H](O)C[C@H]2c2cc(F)ccc2F)c1. The largest absolute Gasteiger partial charge is 0.391 e. The number of methoxy groups -OCH3 is 1. The maximum Gasteiger partial charge on any atom is 0.254 e. The number of nitrogens with zero attached hydrogens (tertiary/aromatic N) is 1. The molecule has 0 aliphatic carbocycles. The van der Waals surface area contributed by atoms with E-state index in [1.165, 1.54) is 4.90 Å². The number of rotatable bonds is 4. The summed E-state index contributed by atoms with van der Waals surface area (Å²) in [6.45, 7) is 0.444. The zero-order valence-electron chi connectivity index (χ0n) is 13.8. The van der Waals surface area contributed by atoms with E-state index < -0.39 is 23.8 Å². The van der Waals surface area contributed by atoms with Crippen LogP contribution in [0.3, 0.4) is 0 Å². The highest BCUT2D eigenvalue weighted by atomic mass is 19.1. The van der Waals surface area contributed by atoms with Crippen LogP contribution in [0.2, 0.25) is 0 Å². The highest BCUT2D eigenvalue weighted by Crippen LogP contribution is 2.35. The van der Waals surface area contributed by atoms with E-state index in [2.05, 4.69) is 0 Å². The van der Waals surface area contributed by atoms with E-state index in [1.54, 1.807) is 25.3 Å². The number of benzene rings is 2. The molecule has 1 saturated heterocycles. The predicted molar refractivity (Wildman–Crippen MR) is 87.9 cm³/mol. The van der Waals surface area contributed by atoms with E-state index in [1.807, 2.05) is 6.07 Å². The number of aliphatic hydroxyl groups excluding tert-OH is 1. The Bertz CT molecular complexity index is 781. The van der Waals surface area contributed by atoms with Gasteiger partial charge in [-0.2, -0.15) is 0 Å². The summed E-state index contributed by atoms with van der Waals surface area (Å²) in [5, 5.41) is 10.00. The molecule has 0 aromatic heterocycles. The van der Waals surface area contributed by atoms with Crippen LogP contribution < -0.4 is 0 Å². The zero-order valence-corrected chi connectivity index (χ0v) is 13.8. The van der Waals surface area contributed by atoms with Crippen LogP contribution in [0.1, 0.15) is 33.9 Å². The van der Waals surface area contributed by atoms with Gasteiger partial charge in [-0.15, -0.1) is 0 Å². The summed E-state index contributed by atoms with van der Waals surface area (Å²) in [7, 11) is 1.56. The highest BCUT2D eigenvalue weighted by Gasteiger charge is 2.37. The summed E-state index contributed by atoms with van der Waals surface area (Å²) in [5.74, 6) is -1.50. The van der Waals surface area contributed by atoms with Crippen molar-refractivity contribution in [1.29, 1.82) is 0 Å². The van der Waals surface area contributed by atoms with Crippen LogP contribution in [0.4, 0.5) is 8.78 Å². The predicted octanol–water partition coefficient (Wildman–Crippen LogP) is 3.06. The van der Waals surface area contributed by atoms with Crippen molar-refractivity contribution in [2.24, 2.45) is 0 Å². The molecule has 0 unspecified atom stereocenters. The number of hydrogen-bond acceptors (Lipinski definition) is 3. The second kappa shape index (κ2) is 7.29. The molecule has 2 aromatic rings. The van der Waals surface area contributed by atoms with E-state index in [0.717, 1.165) is 23.8 Å². The van der Waals surface area contributed by atoms with Crippen LogP contribution in [0.15, 0.2) is 42.5 Å². The number of ether oxygens (including phenoxy) is 1. The first-order chi connectivity index (χ1) is 12.0. The van der Waals surface area contributed by atoms with Gasteiger partial charge >= 0.3 is 0 Å². The molecular weight excluding hydrogens is 328 g/mol. The Morgan fingerprint density at radius 3 is 2.84 bits per heavy atom. The Morgan fingerprint density at radius 2 is 2.08 bits per heavy atom. The van der Waals surface area contributed by atoms with Gasteiger partial charge in [0.05, 0.1) is 18.8 Å². The fourth-order valence-corrected chi connectivity index (χ4v) is 3.23. The number of aliphatic hydroxyl groups is 1. The minimum absolute atomic E-state index is 0.0773. The van der Waals surface area contributed by atoms with Crippen LogP contribution >= 0.6 is 0 Å². The van der Waals surface area contributed by atoms with E-state index in [-0.39, 0.29) is 24.4 Å². The molecule has 0 saturated carbocycles. The highest BCUT2D eigenvalue weighted by molar-refractivity contribution is 5.95. The molecule has 2 aromatic carbocycles. The molecule has 1 heterocycles. The van der Waals surface area contributed by atoms with Gasteiger partial charge in [0.2, 0.25) is 0 Å². The number of amides is 1. The minimum Gasteiger partial charge on any atom is -0.391 e. The zero-order chi connectivity index (χ0) is 18.0. The van der Waals surface area contributed by atoms with Crippen molar-refractivity contribution in [1.82, 2.24) is 4.90 Å². The van der Waals surface area contributed by atoms with Crippen molar-refractivity contribution in [3.05, 3.63) is 70.8 Å². The Hall–Kier alpha value is -2.31. The van der Waals surface area contributed by atoms with Crippen molar-refractivity contribution in [2.75, 3.05) is 13.7 Å². The summed E-state index contributed by atoms with van der Waals surface area (Å²) >= 11 is 0. The molecule has 2 atom stereocenters. The molecular formula is C19H19F2NO3. The van der Waals surface area contributed by atoms with Crippen LogP contribution in [-0.4, -0.2) is 35.7 Å². The molecule has 1 N–H and O–H groups in total. The fourth-order valence-electron chi connectivity index (χ4n) is 3.23. The monoisotopic (exact) mass is 347 g/mol. The maximum absolute atomic E-state index is 14.1. The van der Waals surface area contributed by atoms with E-state index >= 15 is 0 Å². The lowest BCUT2D eigenvalue weighted by Gasteiger charge is -2.25. The topological polar surface area (TPSA) is 49.8 Å². The summed E-state index contributed by atoms with van der Waals surface area (Å²) in [6, 6.07) is 9.39.